The van der Waals surface area contributed by atoms with E-state index in [0.717, 1.165) is 25.8 Å². The minimum absolute atomic E-state index is 0.973. The maximum absolute atomic E-state index is 3.66. The van der Waals surface area contributed by atoms with Gasteiger partial charge in [0.15, 0.2) is 0 Å². The van der Waals surface area contributed by atoms with Gasteiger partial charge in [-0.15, -0.1) is 0 Å². The summed E-state index contributed by atoms with van der Waals surface area (Å²) in [4.78, 5) is 3.66. The molecule has 1 N–H and O–H groups in total. The van der Waals surface area contributed by atoms with E-state index in [4.69, 9.17) is 0 Å². The highest BCUT2D eigenvalue weighted by molar-refractivity contribution is 6.08. The third-order valence-electron chi connectivity index (χ3n) is 5.94. The summed E-state index contributed by atoms with van der Waals surface area (Å²) in [7, 11) is 0. The van der Waals surface area contributed by atoms with Gasteiger partial charge in [-0.2, -0.15) is 0 Å². The van der Waals surface area contributed by atoms with Crippen LogP contribution in [0.3, 0.4) is 0 Å². The van der Waals surface area contributed by atoms with E-state index in [9.17, 15) is 0 Å². The van der Waals surface area contributed by atoms with E-state index < -0.39 is 0 Å². The molecule has 0 unspecified atom stereocenters. The summed E-state index contributed by atoms with van der Waals surface area (Å²) in [6.07, 6.45) is 3.23. The predicted molar refractivity (Wildman–Crippen MR) is 120 cm³/mol. The highest BCUT2D eigenvalue weighted by atomic mass is 15.0. The van der Waals surface area contributed by atoms with Crippen molar-refractivity contribution in [2.24, 2.45) is 0 Å². The molecule has 2 heteroatoms. The summed E-state index contributed by atoms with van der Waals surface area (Å²) in [6, 6.07) is 24.5. The fraction of sp³-hybridized carbons (Fsp3) is 0.231. The van der Waals surface area contributed by atoms with E-state index in [1.54, 1.807) is 0 Å². The zero-order valence-corrected chi connectivity index (χ0v) is 16.6. The van der Waals surface area contributed by atoms with E-state index in [1.807, 2.05) is 0 Å². The molecule has 0 bridgehead atoms. The number of nitrogens with one attached hydrogen (secondary N) is 1. The molecule has 0 fully saturated rings. The Morgan fingerprint density at radius 1 is 0.786 bits per heavy atom. The first-order valence-electron chi connectivity index (χ1n) is 10.4. The van der Waals surface area contributed by atoms with Crippen molar-refractivity contribution in [1.29, 1.82) is 0 Å². The van der Waals surface area contributed by atoms with Crippen LogP contribution in [0.4, 0.5) is 0 Å². The molecule has 2 aromatic heterocycles. The topological polar surface area (TPSA) is 20.7 Å². The van der Waals surface area contributed by atoms with Crippen LogP contribution in [0.1, 0.15) is 37.1 Å². The molecule has 140 valence electrons. The van der Waals surface area contributed by atoms with Gasteiger partial charge in [0.05, 0.1) is 0 Å². The van der Waals surface area contributed by atoms with Crippen molar-refractivity contribution in [2.75, 3.05) is 0 Å². The lowest BCUT2D eigenvalue weighted by Gasteiger charge is -2.07. The molecule has 0 spiro atoms. The monoisotopic (exact) mass is 366 g/mol. The molecule has 0 atom stereocenters. The Morgan fingerprint density at radius 2 is 1.54 bits per heavy atom. The van der Waals surface area contributed by atoms with Gasteiger partial charge in [-0.25, -0.2) is 0 Å². The summed E-state index contributed by atoms with van der Waals surface area (Å²) >= 11 is 0. The van der Waals surface area contributed by atoms with Crippen molar-refractivity contribution in [3.8, 4) is 0 Å². The van der Waals surface area contributed by atoms with Crippen molar-refractivity contribution < 1.29 is 0 Å². The third kappa shape index (κ3) is 2.63. The summed E-state index contributed by atoms with van der Waals surface area (Å²) in [5.74, 6) is 0. The largest absolute Gasteiger partial charge is 0.358 e. The lowest BCUT2D eigenvalue weighted by Crippen LogP contribution is -1.95. The number of aromatic amines is 1. The Kier molecular flexibility index (Phi) is 4.20. The van der Waals surface area contributed by atoms with Gasteiger partial charge in [-0.3, -0.25) is 0 Å². The Bertz CT molecular complexity index is 1290. The van der Waals surface area contributed by atoms with Crippen LogP contribution in [0.25, 0.3) is 32.7 Å². The van der Waals surface area contributed by atoms with E-state index in [2.05, 4.69) is 90.1 Å². The third-order valence-corrected chi connectivity index (χ3v) is 5.94. The Hall–Kier alpha value is -3.00. The van der Waals surface area contributed by atoms with E-state index >= 15 is 0 Å². The van der Waals surface area contributed by atoms with E-state index in [1.165, 1.54) is 49.5 Å². The molecule has 0 saturated carbocycles. The Balaban J connectivity index is 1.66. The number of aromatic nitrogens is 2. The van der Waals surface area contributed by atoms with E-state index in [0.29, 0.717) is 0 Å². The molecule has 5 rings (SSSR count). The van der Waals surface area contributed by atoms with Gasteiger partial charge in [0.1, 0.15) is 0 Å². The van der Waals surface area contributed by atoms with Gasteiger partial charge < -0.3 is 9.55 Å². The zero-order valence-electron chi connectivity index (χ0n) is 16.6. The summed E-state index contributed by atoms with van der Waals surface area (Å²) < 4.78 is 2.42. The normalized spacial score (nSPS) is 11.8. The number of aryl methyl sites for hydroxylation is 2. The zero-order chi connectivity index (χ0) is 19.1. The molecule has 0 aliphatic carbocycles. The SMILES string of the molecule is CCCc1[nH]c2ccccc2c1Cc1ccc2c(c1)c1ccccc1n2CC. The van der Waals surface area contributed by atoms with Gasteiger partial charge in [0, 0.05) is 44.9 Å². The van der Waals surface area contributed by atoms with Crippen molar-refractivity contribution in [2.45, 2.75) is 39.7 Å². The van der Waals surface area contributed by atoms with Crippen molar-refractivity contribution in [1.82, 2.24) is 9.55 Å². The van der Waals surface area contributed by atoms with Gasteiger partial charge in [-0.05, 0) is 55.2 Å². The summed E-state index contributed by atoms with van der Waals surface area (Å²) in [5.41, 5.74) is 8.14. The van der Waals surface area contributed by atoms with Gasteiger partial charge in [0.2, 0.25) is 0 Å². The number of rotatable bonds is 5. The fourth-order valence-corrected chi connectivity index (χ4v) is 4.68. The smallest absolute Gasteiger partial charge is 0.0491 e. The van der Waals surface area contributed by atoms with Gasteiger partial charge in [0.25, 0.3) is 0 Å². The molecule has 5 aromatic rings. The minimum atomic E-state index is 0.973. The molecule has 0 radical (unpaired) electrons. The second kappa shape index (κ2) is 6.87. The summed E-state index contributed by atoms with van der Waals surface area (Å²) in [6.45, 7) is 5.47. The first-order chi connectivity index (χ1) is 13.8. The Morgan fingerprint density at radius 3 is 2.36 bits per heavy atom. The number of fused-ring (bicyclic) bond motifs is 4. The number of para-hydroxylation sites is 2. The molecular weight excluding hydrogens is 340 g/mol. The average molecular weight is 367 g/mol. The molecule has 0 aliphatic heterocycles. The fourth-order valence-electron chi connectivity index (χ4n) is 4.68. The molecule has 0 amide bonds. The quantitative estimate of drug-likeness (QED) is 0.351. The lowest BCUT2D eigenvalue weighted by molar-refractivity contribution is 0.827. The van der Waals surface area contributed by atoms with Crippen LogP contribution in [0, 0.1) is 0 Å². The molecule has 0 aliphatic rings. The lowest BCUT2D eigenvalue weighted by atomic mass is 9.98. The predicted octanol–water partition coefficient (Wildman–Crippen LogP) is 6.84. The number of H-pyrrole nitrogens is 1. The Labute approximate surface area is 165 Å². The van der Waals surface area contributed by atoms with Crippen LogP contribution in [0.5, 0.6) is 0 Å². The molecule has 28 heavy (non-hydrogen) atoms. The highest BCUT2D eigenvalue weighted by Gasteiger charge is 2.13. The molecular formula is C26H26N2. The molecule has 0 saturated heterocycles. The minimum Gasteiger partial charge on any atom is -0.358 e. The average Bonchev–Trinajstić information content (AvgIpc) is 3.23. The van der Waals surface area contributed by atoms with Crippen LogP contribution in [0.15, 0.2) is 66.7 Å². The summed E-state index contributed by atoms with van der Waals surface area (Å²) in [5, 5.41) is 4.09. The maximum atomic E-state index is 3.66. The van der Waals surface area contributed by atoms with Crippen molar-refractivity contribution in [3.05, 3.63) is 83.6 Å². The van der Waals surface area contributed by atoms with Gasteiger partial charge >= 0.3 is 0 Å². The number of hydrogen-bond acceptors (Lipinski definition) is 0. The van der Waals surface area contributed by atoms with Crippen LogP contribution < -0.4 is 0 Å². The highest BCUT2D eigenvalue weighted by Crippen LogP contribution is 2.32. The van der Waals surface area contributed by atoms with Crippen LogP contribution >= 0.6 is 0 Å². The van der Waals surface area contributed by atoms with Crippen LogP contribution in [-0.2, 0) is 19.4 Å². The van der Waals surface area contributed by atoms with Crippen molar-refractivity contribution in [3.63, 3.8) is 0 Å². The molecule has 2 nitrogen and oxygen atoms in total. The molecule has 2 heterocycles. The second-order valence-electron chi connectivity index (χ2n) is 7.67. The first kappa shape index (κ1) is 17.1. The number of nitrogens with zero attached hydrogens (tertiary/aromatic N) is 1. The number of benzene rings is 3. The standard InChI is InChI=1S/C26H26N2/c1-3-9-23-21(19-10-5-7-12-24(19)27-23)16-18-14-15-26-22(17-18)20-11-6-8-13-25(20)28(26)4-2/h5-8,10-15,17,27H,3-4,9,16H2,1-2H3. The molecule has 3 aromatic carbocycles. The number of hydrogen-bond donors (Lipinski definition) is 1. The second-order valence-corrected chi connectivity index (χ2v) is 7.67. The maximum Gasteiger partial charge on any atom is 0.0491 e. The van der Waals surface area contributed by atoms with E-state index in [-0.39, 0.29) is 0 Å². The first-order valence-corrected chi connectivity index (χ1v) is 10.4. The van der Waals surface area contributed by atoms with Gasteiger partial charge in [-0.1, -0.05) is 55.8 Å². The van der Waals surface area contributed by atoms with Crippen molar-refractivity contribution >= 4 is 32.7 Å². The van der Waals surface area contributed by atoms with Crippen LogP contribution in [-0.4, -0.2) is 9.55 Å². The van der Waals surface area contributed by atoms with Crippen LogP contribution in [0.2, 0.25) is 0 Å².